The van der Waals surface area contributed by atoms with E-state index in [1.54, 1.807) is 26.8 Å². The molecule has 2 amide bonds. The van der Waals surface area contributed by atoms with Gasteiger partial charge < -0.3 is 14.8 Å². The molecule has 0 aliphatic heterocycles. The predicted octanol–water partition coefficient (Wildman–Crippen LogP) is 4.71. The average Bonchev–Trinajstić information content (AvgIpc) is 3.35. The molecule has 1 atom stereocenters. The molecule has 0 saturated heterocycles. The lowest BCUT2D eigenvalue weighted by molar-refractivity contribution is -0.131. The summed E-state index contributed by atoms with van der Waals surface area (Å²) in [5.41, 5.74) is -0.182. The topological polar surface area (TPSA) is 107 Å². The molecule has 2 aromatic rings. The zero-order valence-electron chi connectivity index (χ0n) is 20.9. The number of benzene rings is 1. The molecule has 0 bridgehead atoms. The standard InChI is InChI=1S/C26H30F3N3O5/c1-26(2,3)37-25(35)32-21-13-15(10-11-30-21)12-19(31-24(34)16-6-4-5-7-16)20(33)14-36-23-18(28)9-8-17(27)22(23)29/h8-11,13,16,19H,4-7,12,14H2,1-3H3,(H,31,34)(H,30,32,35). The van der Waals surface area contributed by atoms with E-state index in [1.807, 2.05) is 0 Å². The first-order chi connectivity index (χ1) is 17.4. The molecule has 1 aliphatic carbocycles. The number of hydrogen-bond donors (Lipinski definition) is 2. The number of ketones is 1. The summed E-state index contributed by atoms with van der Waals surface area (Å²) in [5, 5.41) is 5.22. The van der Waals surface area contributed by atoms with Crippen LogP contribution in [0.25, 0.3) is 0 Å². The highest BCUT2D eigenvalue weighted by Gasteiger charge is 2.29. The van der Waals surface area contributed by atoms with Gasteiger partial charge in [-0.2, -0.15) is 4.39 Å². The summed E-state index contributed by atoms with van der Waals surface area (Å²) in [6.07, 6.45) is 3.89. The van der Waals surface area contributed by atoms with Crippen molar-refractivity contribution in [2.75, 3.05) is 11.9 Å². The van der Waals surface area contributed by atoms with E-state index < -0.39 is 53.3 Å². The third-order valence-corrected chi connectivity index (χ3v) is 5.69. The molecule has 1 fully saturated rings. The molecule has 3 rings (SSSR count). The highest BCUT2D eigenvalue weighted by molar-refractivity contribution is 5.91. The lowest BCUT2D eigenvalue weighted by Gasteiger charge is -2.21. The number of pyridine rings is 1. The van der Waals surface area contributed by atoms with Gasteiger partial charge in [-0.3, -0.25) is 14.9 Å². The molecule has 1 aliphatic rings. The van der Waals surface area contributed by atoms with Crippen LogP contribution in [0.1, 0.15) is 52.0 Å². The summed E-state index contributed by atoms with van der Waals surface area (Å²) >= 11 is 0. The highest BCUT2D eigenvalue weighted by Crippen LogP contribution is 2.26. The van der Waals surface area contributed by atoms with Crippen LogP contribution in [-0.4, -0.2) is 41.0 Å². The molecule has 1 aromatic heterocycles. The fourth-order valence-electron chi connectivity index (χ4n) is 3.92. The van der Waals surface area contributed by atoms with Gasteiger partial charge in [-0.05, 0) is 63.4 Å². The summed E-state index contributed by atoms with van der Waals surface area (Å²) in [4.78, 5) is 41.9. The van der Waals surface area contributed by atoms with Crippen molar-refractivity contribution in [1.82, 2.24) is 10.3 Å². The number of anilines is 1. The maximum atomic E-state index is 14.0. The number of nitrogens with one attached hydrogen (secondary N) is 2. The van der Waals surface area contributed by atoms with E-state index in [2.05, 4.69) is 15.6 Å². The van der Waals surface area contributed by atoms with Crippen LogP contribution < -0.4 is 15.4 Å². The first-order valence-corrected chi connectivity index (χ1v) is 12.0. The van der Waals surface area contributed by atoms with E-state index >= 15 is 0 Å². The summed E-state index contributed by atoms with van der Waals surface area (Å²) in [7, 11) is 0. The van der Waals surface area contributed by atoms with Gasteiger partial charge in [-0.25, -0.2) is 18.6 Å². The van der Waals surface area contributed by atoms with E-state index in [-0.39, 0.29) is 24.1 Å². The number of hydrogen-bond acceptors (Lipinski definition) is 6. The summed E-state index contributed by atoms with van der Waals surface area (Å²) in [6.45, 7) is 4.33. The van der Waals surface area contributed by atoms with Crippen LogP contribution in [0.5, 0.6) is 5.75 Å². The van der Waals surface area contributed by atoms with Gasteiger partial charge in [0.05, 0.1) is 6.04 Å². The van der Waals surface area contributed by atoms with Crippen LogP contribution >= 0.6 is 0 Å². The van der Waals surface area contributed by atoms with Crippen molar-refractivity contribution in [2.24, 2.45) is 5.92 Å². The SMILES string of the molecule is CC(C)(C)OC(=O)Nc1cc(CC(NC(=O)C2CCCC2)C(=O)COc2c(F)ccc(F)c2F)ccn1. The minimum absolute atomic E-state index is 0.0136. The van der Waals surface area contributed by atoms with Crippen LogP contribution in [-0.2, 0) is 20.7 Å². The van der Waals surface area contributed by atoms with Crippen LogP contribution in [0.2, 0.25) is 0 Å². The van der Waals surface area contributed by atoms with Gasteiger partial charge in [0, 0.05) is 18.5 Å². The van der Waals surface area contributed by atoms with Gasteiger partial charge in [0.15, 0.2) is 23.2 Å². The van der Waals surface area contributed by atoms with Gasteiger partial charge in [0.2, 0.25) is 11.7 Å². The van der Waals surface area contributed by atoms with Crippen molar-refractivity contribution in [3.63, 3.8) is 0 Å². The fourth-order valence-corrected chi connectivity index (χ4v) is 3.92. The number of rotatable bonds is 9. The average molecular weight is 522 g/mol. The van der Waals surface area contributed by atoms with Gasteiger partial charge in [0.1, 0.15) is 18.0 Å². The van der Waals surface area contributed by atoms with Crippen molar-refractivity contribution >= 4 is 23.6 Å². The Morgan fingerprint density at radius 2 is 1.76 bits per heavy atom. The number of ether oxygens (including phenoxy) is 2. The minimum atomic E-state index is -1.55. The Kier molecular flexibility index (Phi) is 9.12. The minimum Gasteiger partial charge on any atom is -0.480 e. The zero-order chi connectivity index (χ0) is 27.2. The number of nitrogens with zero attached hydrogens (tertiary/aromatic N) is 1. The van der Waals surface area contributed by atoms with Gasteiger partial charge in [-0.15, -0.1) is 0 Å². The molecule has 1 aromatic carbocycles. The number of Topliss-reactive ketones (excluding diaryl/α,β-unsaturated/α-hetero) is 1. The molecule has 0 spiro atoms. The van der Waals surface area contributed by atoms with E-state index in [1.165, 1.54) is 12.3 Å². The van der Waals surface area contributed by atoms with Gasteiger partial charge in [0.25, 0.3) is 0 Å². The Labute approximate surface area is 212 Å². The van der Waals surface area contributed by atoms with E-state index in [4.69, 9.17) is 9.47 Å². The molecule has 1 unspecified atom stereocenters. The molecule has 0 radical (unpaired) electrons. The zero-order valence-corrected chi connectivity index (χ0v) is 20.9. The van der Waals surface area contributed by atoms with Crippen molar-refractivity contribution < 1.29 is 37.0 Å². The molecule has 1 saturated carbocycles. The lowest BCUT2D eigenvalue weighted by atomic mass is 10.0. The Hall–Kier alpha value is -3.63. The second-order valence-corrected chi connectivity index (χ2v) is 9.85. The highest BCUT2D eigenvalue weighted by atomic mass is 19.2. The monoisotopic (exact) mass is 521 g/mol. The lowest BCUT2D eigenvalue weighted by Crippen LogP contribution is -2.46. The smallest absolute Gasteiger partial charge is 0.413 e. The third kappa shape index (κ3) is 8.19. The quantitative estimate of drug-likeness (QED) is 0.463. The molecule has 37 heavy (non-hydrogen) atoms. The predicted molar refractivity (Wildman–Crippen MR) is 129 cm³/mol. The summed E-state index contributed by atoms with van der Waals surface area (Å²) < 4.78 is 51.6. The maximum absolute atomic E-state index is 14.0. The van der Waals surface area contributed by atoms with E-state index in [0.29, 0.717) is 30.5 Å². The van der Waals surface area contributed by atoms with Crippen LogP contribution in [0.3, 0.4) is 0 Å². The maximum Gasteiger partial charge on any atom is 0.413 e. The van der Waals surface area contributed by atoms with E-state index in [9.17, 15) is 27.6 Å². The molecule has 11 heteroatoms. The van der Waals surface area contributed by atoms with Crippen molar-refractivity contribution in [3.05, 3.63) is 53.5 Å². The van der Waals surface area contributed by atoms with Crippen molar-refractivity contribution in [3.8, 4) is 5.75 Å². The van der Waals surface area contributed by atoms with Gasteiger partial charge in [-0.1, -0.05) is 12.8 Å². The largest absolute Gasteiger partial charge is 0.480 e. The second-order valence-electron chi connectivity index (χ2n) is 9.85. The molecule has 200 valence electrons. The third-order valence-electron chi connectivity index (χ3n) is 5.69. The number of amides is 2. The number of carbonyl (C=O) groups is 3. The Morgan fingerprint density at radius 3 is 2.43 bits per heavy atom. The first kappa shape index (κ1) is 27.9. The summed E-state index contributed by atoms with van der Waals surface area (Å²) in [5.74, 6) is -6.10. The van der Waals surface area contributed by atoms with Crippen LogP contribution in [0, 0.1) is 23.4 Å². The molecule has 1 heterocycles. The normalized spacial score (nSPS) is 14.6. The van der Waals surface area contributed by atoms with Crippen molar-refractivity contribution in [1.29, 1.82) is 0 Å². The van der Waals surface area contributed by atoms with Crippen LogP contribution in [0.4, 0.5) is 23.8 Å². The summed E-state index contributed by atoms with van der Waals surface area (Å²) in [6, 6.07) is 3.29. The van der Waals surface area contributed by atoms with E-state index in [0.717, 1.165) is 12.8 Å². The number of carbonyl (C=O) groups excluding carboxylic acids is 3. The molecule has 2 N–H and O–H groups in total. The first-order valence-electron chi connectivity index (χ1n) is 12.0. The Balaban J connectivity index is 1.74. The molecule has 8 nitrogen and oxygen atoms in total. The second kappa shape index (κ2) is 12.1. The van der Waals surface area contributed by atoms with Gasteiger partial charge >= 0.3 is 6.09 Å². The number of halogens is 3. The molecular weight excluding hydrogens is 491 g/mol. The Morgan fingerprint density at radius 1 is 1.08 bits per heavy atom. The Bertz CT molecular complexity index is 1150. The van der Waals surface area contributed by atoms with Crippen LogP contribution in [0.15, 0.2) is 30.5 Å². The number of aromatic nitrogens is 1. The fraction of sp³-hybridized carbons (Fsp3) is 0.462. The molecular formula is C26H30F3N3O5. The van der Waals surface area contributed by atoms with Crippen molar-refractivity contribution in [2.45, 2.75) is 64.5 Å².